The van der Waals surface area contributed by atoms with Crippen LogP contribution in [-0.4, -0.2) is 44.5 Å². The molecule has 3 nitrogen and oxygen atoms in total. The summed E-state index contributed by atoms with van der Waals surface area (Å²) >= 11 is 0. The van der Waals surface area contributed by atoms with Gasteiger partial charge in [-0.15, -0.1) is 0 Å². The second-order valence-corrected chi connectivity index (χ2v) is 4.21. The van der Waals surface area contributed by atoms with E-state index in [2.05, 4.69) is 12.1 Å². The highest BCUT2D eigenvalue weighted by atomic mass is 19.1. The van der Waals surface area contributed by atoms with Gasteiger partial charge in [-0.2, -0.15) is 5.10 Å². The Morgan fingerprint density at radius 3 is 2.81 bits per heavy atom. The number of hydrogen-bond donors (Lipinski definition) is 1. The van der Waals surface area contributed by atoms with Crippen molar-refractivity contribution in [1.29, 1.82) is 0 Å². The Hall–Kier alpha value is -1.42. The molecule has 1 fully saturated rings. The summed E-state index contributed by atoms with van der Waals surface area (Å²) in [5, 5.41) is 6.40. The van der Waals surface area contributed by atoms with Gasteiger partial charge in [-0.25, -0.2) is 4.39 Å². The Labute approximate surface area is 95.2 Å². The average molecular weight is 222 g/mol. The van der Waals surface area contributed by atoms with Crippen molar-refractivity contribution in [3.63, 3.8) is 0 Å². The molecule has 0 amide bonds. The van der Waals surface area contributed by atoms with Crippen LogP contribution in [0.15, 0.2) is 29.4 Å². The molecular formula is C12H17FN3+. The summed E-state index contributed by atoms with van der Waals surface area (Å²) in [4.78, 5) is 1.54. The average Bonchev–Trinajstić information content (AvgIpc) is 2.28. The third-order valence-electron chi connectivity index (χ3n) is 2.81. The molecule has 0 bridgehead atoms. The molecule has 1 aliphatic heterocycles. The molecule has 16 heavy (non-hydrogen) atoms. The first-order valence-corrected chi connectivity index (χ1v) is 5.60. The predicted molar refractivity (Wildman–Crippen MR) is 62.2 cm³/mol. The van der Waals surface area contributed by atoms with Gasteiger partial charge < -0.3 is 4.90 Å². The summed E-state index contributed by atoms with van der Waals surface area (Å²) < 4.78 is 12.9. The van der Waals surface area contributed by atoms with E-state index in [9.17, 15) is 4.39 Å². The third kappa shape index (κ3) is 3.03. The third-order valence-corrected chi connectivity index (χ3v) is 2.81. The molecule has 0 unspecified atom stereocenters. The van der Waals surface area contributed by atoms with Crippen LogP contribution in [0, 0.1) is 5.82 Å². The van der Waals surface area contributed by atoms with E-state index in [0.717, 1.165) is 31.7 Å². The molecule has 0 saturated carbocycles. The smallest absolute Gasteiger partial charge is 0.123 e. The Bertz CT molecular complexity index is 370. The van der Waals surface area contributed by atoms with Crippen LogP contribution in [0.25, 0.3) is 0 Å². The second-order valence-electron chi connectivity index (χ2n) is 4.21. The van der Waals surface area contributed by atoms with E-state index in [0.29, 0.717) is 0 Å². The van der Waals surface area contributed by atoms with Crippen LogP contribution in [0.5, 0.6) is 0 Å². The lowest BCUT2D eigenvalue weighted by molar-refractivity contribution is -0.884. The van der Waals surface area contributed by atoms with Crippen molar-refractivity contribution in [3.05, 3.63) is 35.6 Å². The molecule has 0 radical (unpaired) electrons. The molecule has 1 saturated heterocycles. The number of quaternary nitrogens is 1. The molecule has 1 heterocycles. The number of piperazine rings is 1. The fourth-order valence-corrected chi connectivity index (χ4v) is 1.73. The first-order chi connectivity index (χ1) is 7.74. The molecule has 1 aromatic rings. The SMILES string of the molecule is C[NH+]1CCN(/N=C\c2cccc(F)c2)CC1. The summed E-state index contributed by atoms with van der Waals surface area (Å²) in [6, 6.07) is 6.49. The van der Waals surface area contributed by atoms with Crippen molar-refractivity contribution >= 4 is 6.21 Å². The number of nitrogens with zero attached hydrogens (tertiary/aromatic N) is 2. The largest absolute Gasteiger partial charge is 0.334 e. The number of halogens is 1. The minimum absolute atomic E-state index is 0.216. The van der Waals surface area contributed by atoms with Gasteiger partial charge >= 0.3 is 0 Å². The van der Waals surface area contributed by atoms with Crippen molar-refractivity contribution in [1.82, 2.24) is 5.01 Å². The van der Waals surface area contributed by atoms with Crippen molar-refractivity contribution in [3.8, 4) is 0 Å². The number of nitrogens with one attached hydrogen (secondary N) is 1. The van der Waals surface area contributed by atoms with E-state index in [1.54, 1.807) is 12.3 Å². The van der Waals surface area contributed by atoms with Crippen LogP contribution < -0.4 is 4.90 Å². The zero-order chi connectivity index (χ0) is 11.4. The maximum atomic E-state index is 12.9. The lowest BCUT2D eigenvalue weighted by Crippen LogP contribution is -3.11. The topological polar surface area (TPSA) is 20.0 Å². The molecule has 2 rings (SSSR count). The summed E-state index contributed by atoms with van der Waals surface area (Å²) in [6.07, 6.45) is 1.73. The van der Waals surface area contributed by atoms with Crippen LogP contribution in [0.4, 0.5) is 4.39 Å². The first-order valence-electron chi connectivity index (χ1n) is 5.60. The normalized spacial score (nSPS) is 18.2. The lowest BCUT2D eigenvalue weighted by atomic mass is 10.2. The fraction of sp³-hybridized carbons (Fsp3) is 0.417. The van der Waals surface area contributed by atoms with Gasteiger partial charge in [0.15, 0.2) is 0 Å². The van der Waals surface area contributed by atoms with Crippen molar-refractivity contribution in [2.75, 3.05) is 33.2 Å². The van der Waals surface area contributed by atoms with E-state index in [-0.39, 0.29) is 5.82 Å². The number of rotatable bonds is 2. The van der Waals surface area contributed by atoms with Crippen molar-refractivity contribution < 1.29 is 9.29 Å². The fourth-order valence-electron chi connectivity index (χ4n) is 1.73. The van der Waals surface area contributed by atoms with E-state index in [1.165, 1.54) is 17.0 Å². The quantitative estimate of drug-likeness (QED) is 0.698. The zero-order valence-corrected chi connectivity index (χ0v) is 9.49. The Kier molecular flexibility index (Phi) is 3.51. The summed E-state index contributed by atoms with van der Waals surface area (Å²) in [7, 11) is 2.19. The van der Waals surface area contributed by atoms with Crippen LogP contribution in [0.3, 0.4) is 0 Å². The molecule has 0 atom stereocenters. The Morgan fingerprint density at radius 1 is 1.38 bits per heavy atom. The molecular weight excluding hydrogens is 205 g/mol. The first kappa shape index (κ1) is 11.1. The molecule has 0 spiro atoms. The number of likely N-dealkylation sites (N-methyl/N-ethyl adjacent to an activating group) is 1. The van der Waals surface area contributed by atoms with Gasteiger partial charge in [-0.3, -0.25) is 5.01 Å². The summed E-state index contributed by atoms with van der Waals surface area (Å²) in [6.45, 7) is 4.16. The molecule has 0 aliphatic carbocycles. The van der Waals surface area contributed by atoms with Crippen molar-refractivity contribution in [2.45, 2.75) is 0 Å². The number of benzene rings is 1. The minimum Gasteiger partial charge on any atom is -0.334 e. The van der Waals surface area contributed by atoms with Gasteiger partial charge in [0.05, 0.1) is 39.4 Å². The Balaban J connectivity index is 1.94. The molecule has 1 aromatic carbocycles. The Morgan fingerprint density at radius 2 is 2.12 bits per heavy atom. The maximum Gasteiger partial charge on any atom is 0.123 e. The van der Waals surface area contributed by atoms with E-state index in [1.807, 2.05) is 11.1 Å². The zero-order valence-electron chi connectivity index (χ0n) is 9.49. The molecule has 0 aromatic heterocycles. The summed E-state index contributed by atoms with van der Waals surface area (Å²) in [5.74, 6) is -0.216. The monoisotopic (exact) mass is 222 g/mol. The molecule has 4 heteroatoms. The van der Waals surface area contributed by atoms with Crippen LogP contribution >= 0.6 is 0 Å². The lowest BCUT2D eigenvalue weighted by Gasteiger charge is -2.27. The van der Waals surface area contributed by atoms with Crippen molar-refractivity contribution in [2.24, 2.45) is 5.10 Å². The standard InChI is InChI=1S/C12H16FN3/c1-15-5-7-16(8-6-15)14-10-11-3-2-4-12(13)9-11/h2-4,9-10H,5-8H2,1H3/p+1/b14-10-. The highest BCUT2D eigenvalue weighted by molar-refractivity contribution is 5.79. The van der Waals surface area contributed by atoms with Gasteiger partial charge in [0.2, 0.25) is 0 Å². The number of hydrazone groups is 1. The van der Waals surface area contributed by atoms with Crippen LogP contribution in [0.2, 0.25) is 0 Å². The van der Waals surface area contributed by atoms with Gasteiger partial charge in [-0.1, -0.05) is 12.1 Å². The van der Waals surface area contributed by atoms with Gasteiger partial charge in [0.1, 0.15) is 5.82 Å². The minimum atomic E-state index is -0.216. The van der Waals surface area contributed by atoms with Crippen LogP contribution in [0.1, 0.15) is 5.56 Å². The van der Waals surface area contributed by atoms with E-state index >= 15 is 0 Å². The number of hydrogen-bond acceptors (Lipinski definition) is 2. The van der Waals surface area contributed by atoms with E-state index in [4.69, 9.17) is 0 Å². The van der Waals surface area contributed by atoms with Gasteiger partial charge in [0.25, 0.3) is 0 Å². The van der Waals surface area contributed by atoms with E-state index < -0.39 is 0 Å². The second kappa shape index (κ2) is 5.07. The molecule has 1 aliphatic rings. The molecule has 1 N–H and O–H groups in total. The maximum absolute atomic E-state index is 12.9. The predicted octanol–water partition coefficient (Wildman–Crippen LogP) is -0.0101. The molecule has 86 valence electrons. The highest BCUT2D eigenvalue weighted by Crippen LogP contribution is 2.01. The van der Waals surface area contributed by atoms with Gasteiger partial charge in [-0.05, 0) is 17.7 Å². The summed E-state index contributed by atoms with van der Waals surface area (Å²) in [5.41, 5.74) is 0.811. The van der Waals surface area contributed by atoms with Crippen LogP contribution in [-0.2, 0) is 0 Å². The van der Waals surface area contributed by atoms with Gasteiger partial charge in [0, 0.05) is 0 Å². The highest BCUT2D eigenvalue weighted by Gasteiger charge is 2.13.